The Labute approximate surface area is 110 Å². The smallest absolute Gasteiger partial charge is 0.123 e. The zero-order chi connectivity index (χ0) is 13.4. The number of hydrogen-bond acceptors (Lipinski definition) is 3. The molecule has 0 saturated heterocycles. The van der Waals surface area contributed by atoms with Crippen LogP contribution in [-0.4, -0.2) is 19.3 Å². The van der Waals surface area contributed by atoms with E-state index in [-0.39, 0.29) is 6.10 Å². The van der Waals surface area contributed by atoms with E-state index in [2.05, 4.69) is 13.8 Å². The molecule has 102 valence electrons. The molecular weight excluding hydrogens is 226 g/mol. The van der Waals surface area contributed by atoms with E-state index in [1.54, 1.807) is 0 Å². The topological polar surface area (TPSA) is 44.5 Å². The van der Waals surface area contributed by atoms with E-state index in [1.807, 2.05) is 31.2 Å². The molecule has 0 heterocycles. The predicted octanol–water partition coefficient (Wildman–Crippen LogP) is 3.23. The summed E-state index contributed by atoms with van der Waals surface area (Å²) in [5.74, 6) is 2.30. The van der Waals surface area contributed by atoms with Crippen LogP contribution in [0.2, 0.25) is 0 Å². The van der Waals surface area contributed by atoms with Crippen molar-refractivity contribution in [1.29, 1.82) is 0 Å². The lowest BCUT2D eigenvalue weighted by Crippen LogP contribution is -2.22. The van der Waals surface area contributed by atoms with Gasteiger partial charge in [-0.1, -0.05) is 32.8 Å². The first-order valence-electron chi connectivity index (χ1n) is 6.79. The van der Waals surface area contributed by atoms with E-state index in [0.717, 1.165) is 30.9 Å². The fourth-order valence-electron chi connectivity index (χ4n) is 1.66. The van der Waals surface area contributed by atoms with E-state index in [4.69, 9.17) is 15.2 Å². The first kappa shape index (κ1) is 14.8. The summed E-state index contributed by atoms with van der Waals surface area (Å²) >= 11 is 0. The van der Waals surface area contributed by atoms with Crippen LogP contribution in [0.4, 0.5) is 0 Å². The molecular formula is C15H25NO2. The first-order chi connectivity index (χ1) is 8.69. The summed E-state index contributed by atoms with van der Waals surface area (Å²) in [5, 5.41) is 0. The molecule has 18 heavy (non-hydrogen) atoms. The third-order valence-corrected chi connectivity index (χ3v) is 3.12. The standard InChI is InChI=1S/C15H25NO2/c1-4-13(5-2)11-17-14-7-6-8-15(9-14)18-12(3)10-16/h6-9,12-13H,4-5,10-11,16H2,1-3H3/t12-/m0/s1. The van der Waals surface area contributed by atoms with E-state index in [9.17, 15) is 0 Å². The Kier molecular flexibility index (Phi) is 6.58. The third-order valence-electron chi connectivity index (χ3n) is 3.12. The van der Waals surface area contributed by atoms with Crippen molar-refractivity contribution in [2.24, 2.45) is 11.7 Å². The zero-order valence-electron chi connectivity index (χ0n) is 11.7. The quantitative estimate of drug-likeness (QED) is 0.771. The van der Waals surface area contributed by atoms with Crippen LogP contribution in [0.25, 0.3) is 0 Å². The molecule has 0 bridgehead atoms. The molecule has 0 aromatic heterocycles. The lowest BCUT2D eigenvalue weighted by Gasteiger charge is -2.16. The summed E-state index contributed by atoms with van der Waals surface area (Å²) in [6.07, 6.45) is 2.33. The summed E-state index contributed by atoms with van der Waals surface area (Å²) in [6.45, 7) is 7.62. The van der Waals surface area contributed by atoms with Crippen LogP contribution < -0.4 is 15.2 Å². The average molecular weight is 251 g/mol. The third kappa shape index (κ3) is 4.96. The molecule has 0 unspecified atom stereocenters. The molecule has 0 amide bonds. The Morgan fingerprint density at radius 2 is 1.83 bits per heavy atom. The Balaban J connectivity index is 2.53. The Bertz CT molecular complexity index is 337. The molecule has 1 aromatic carbocycles. The van der Waals surface area contributed by atoms with Crippen molar-refractivity contribution in [2.45, 2.75) is 39.7 Å². The molecule has 1 aromatic rings. The van der Waals surface area contributed by atoms with E-state index < -0.39 is 0 Å². The fraction of sp³-hybridized carbons (Fsp3) is 0.600. The highest BCUT2D eigenvalue weighted by atomic mass is 16.5. The lowest BCUT2D eigenvalue weighted by atomic mass is 10.1. The lowest BCUT2D eigenvalue weighted by molar-refractivity contribution is 0.222. The molecule has 2 N–H and O–H groups in total. The zero-order valence-corrected chi connectivity index (χ0v) is 11.7. The molecule has 0 aliphatic heterocycles. The highest BCUT2D eigenvalue weighted by Gasteiger charge is 2.06. The molecule has 0 radical (unpaired) electrons. The highest BCUT2D eigenvalue weighted by molar-refractivity contribution is 5.33. The number of rotatable bonds is 8. The van der Waals surface area contributed by atoms with Gasteiger partial charge in [0.2, 0.25) is 0 Å². The first-order valence-corrected chi connectivity index (χ1v) is 6.79. The Morgan fingerprint density at radius 1 is 1.17 bits per heavy atom. The van der Waals surface area contributed by atoms with Gasteiger partial charge in [-0.25, -0.2) is 0 Å². The molecule has 0 fully saturated rings. The second kappa shape index (κ2) is 7.98. The summed E-state index contributed by atoms with van der Waals surface area (Å²) in [6, 6.07) is 7.76. The predicted molar refractivity (Wildman–Crippen MR) is 75.2 cm³/mol. The molecule has 0 aliphatic rings. The largest absolute Gasteiger partial charge is 0.493 e. The summed E-state index contributed by atoms with van der Waals surface area (Å²) in [5.41, 5.74) is 5.54. The van der Waals surface area contributed by atoms with E-state index in [0.29, 0.717) is 12.5 Å². The van der Waals surface area contributed by atoms with Crippen molar-refractivity contribution in [3.8, 4) is 11.5 Å². The maximum absolute atomic E-state index is 5.79. The molecule has 1 rings (SSSR count). The van der Waals surface area contributed by atoms with Crippen molar-refractivity contribution in [1.82, 2.24) is 0 Å². The minimum Gasteiger partial charge on any atom is -0.493 e. The number of ether oxygens (including phenoxy) is 2. The van der Waals surface area contributed by atoms with Crippen LogP contribution in [0.5, 0.6) is 11.5 Å². The number of nitrogens with two attached hydrogens (primary N) is 1. The van der Waals surface area contributed by atoms with Crippen molar-refractivity contribution in [3.63, 3.8) is 0 Å². The second-order valence-electron chi connectivity index (χ2n) is 4.63. The van der Waals surface area contributed by atoms with Crippen molar-refractivity contribution in [3.05, 3.63) is 24.3 Å². The van der Waals surface area contributed by atoms with Crippen LogP contribution in [-0.2, 0) is 0 Å². The second-order valence-corrected chi connectivity index (χ2v) is 4.63. The van der Waals surface area contributed by atoms with Gasteiger partial charge in [-0.2, -0.15) is 0 Å². The normalized spacial score (nSPS) is 12.5. The fourth-order valence-corrected chi connectivity index (χ4v) is 1.66. The van der Waals surface area contributed by atoms with E-state index >= 15 is 0 Å². The summed E-state index contributed by atoms with van der Waals surface area (Å²) in [4.78, 5) is 0. The van der Waals surface area contributed by atoms with Gasteiger partial charge >= 0.3 is 0 Å². The van der Waals surface area contributed by atoms with Crippen LogP contribution in [0.15, 0.2) is 24.3 Å². The maximum atomic E-state index is 5.79. The summed E-state index contributed by atoms with van der Waals surface area (Å²) in [7, 11) is 0. The van der Waals surface area contributed by atoms with Crippen molar-refractivity contribution in [2.75, 3.05) is 13.2 Å². The maximum Gasteiger partial charge on any atom is 0.123 e. The van der Waals surface area contributed by atoms with Gasteiger partial charge < -0.3 is 15.2 Å². The van der Waals surface area contributed by atoms with Gasteiger partial charge in [0.15, 0.2) is 0 Å². The van der Waals surface area contributed by atoms with Gasteiger partial charge in [0.1, 0.15) is 17.6 Å². The molecule has 3 heteroatoms. The minimum absolute atomic E-state index is 0.0271. The van der Waals surface area contributed by atoms with Gasteiger partial charge in [0.25, 0.3) is 0 Å². The molecule has 3 nitrogen and oxygen atoms in total. The Hall–Kier alpha value is -1.22. The average Bonchev–Trinajstić information content (AvgIpc) is 2.40. The van der Waals surface area contributed by atoms with Crippen LogP contribution in [0.1, 0.15) is 33.6 Å². The molecule has 1 atom stereocenters. The molecule has 0 saturated carbocycles. The van der Waals surface area contributed by atoms with Gasteiger partial charge in [-0.15, -0.1) is 0 Å². The monoisotopic (exact) mass is 251 g/mol. The molecule has 0 aliphatic carbocycles. The number of hydrogen-bond donors (Lipinski definition) is 1. The van der Waals surface area contributed by atoms with Crippen LogP contribution in [0, 0.1) is 5.92 Å². The highest BCUT2D eigenvalue weighted by Crippen LogP contribution is 2.21. The Morgan fingerprint density at radius 3 is 2.44 bits per heavy atom. The SMILES string of the molecule is CCC(CC)COc1cccc(O[C@@H](C)CN)c1. The number of benzene rings is 1. The van der Waals surface area contributed by atoms with Crippen LogP contribution in [0.3, 0.4) is 0 Å². The van der Waals surface area contributed by atoms with Crippen molar-refractivity contribution < 1.29 is 9.47 Å². The van der Waals surface area contributed by atoms with Gasteiger partial charge in [-0.05, 0) is 25.0 Å². The molecule has 0 spiro atoms. The van der Waals surface area contributed by atoms with E-state index in [1.165, 1.54) is 0 Å². The van der Waals surface area contributed by atoms with Crippen molar-refractivity contribution >= 4 is 0 Å². The van der Waals surface area contributed by atoms with Gasteiger partial charge in [0.05, 0.1) is 6.61 Å². The van der Waals surface area contributed by atoms with Gasteiger partial charge in [-0.3, -0.25) is 0 Å². The van der Waals surface area contributed by atoms with Gasteiger partial charge in [0, 0.05) is 12.6 Å². The minimum atomic E-state index is 0.0271. The summed E-state index contributed by atoms with van der Waals surface area (Å²) < 4.78 is 11.5. The van der Waals surface area contributed by atoms with Crippen LogP contribution >= 0.6 is 0 Å².